The fraction of sp³-hybridized carbons (Fsp3) is 0.545. The standard InChI is InChI=1S/C11H16N4O3/c1-7(2)5-15-9-8(12-6-13-9)10(17)14(3-4-16)11(15)18/h6-7,16H,3-5H2,1-2H3,(H,12,13). The molecule has 7 heteroatoms. The number of imidazole rings is 1. The molecule has 0 saturated heterocycles. The van der Waals surface area contributed by atoms with Crippen molar-refractivity contribution in [1.29, 1.82) is 0 Å². The van der Waals surface area contributed by atoms with Gasteiger partial charge in [-0.05, 0) is 5.92 Å². The number of aliphatic hydroxyl groups excluding tert-OH is 1. The van der Waals surface area contributed by atoms with Gasteiger partial charge >= 0.3 is 5.69 Å². The molecule has 2 aromatic heterocycles. The normalized spacial score (nSPS) is 11.6. The Balaban J connectivity index is 2.78. The Hall–Kier alpha value is -1.89. The van der Waals surface area contributed by atoms with E-state index < -0.39 is 11.2 Å². The van der Waals surface area contributed by atoms with Crippen LogP contribution in [-0.2, 0) is 13.1 Å². The molecule has 0 spiro atoms. The van der Waals surface area contributed by atoms with Gasteiger partial charge in [0.1, 0.15) is 5.52 Å². The summed E-state index contributed by atoms with van der Waals surface area (Å²) >= 11 is 0. The van der Waals surface area contributed by atoms with Crippen molar-refractivity contribution in [2.24, 2.45) is 5.92 Å². The van der Waals surface area contributed by atoms with Crippen molar-refractivity contribution >= 4 is 11.2 Å². The highest BCUT2D eigenvalue weighted by atomic mass is 16.3. The number of aromatic amines is 1. The van der Waals surface area contributed by atoms with Crippen molar-refractivity contribution in [1.82, 2.24) is 19.1 Å². The molecular weight excluding hydrogens is 236 g/mol. The number of hydrogen-bond acceptors (Lipinski definition) is 4. The lowest BCUT2D eigenvalue weighted by atomic mass is 10.2. The van der Waals surface area contributed by atoms with Crippen LogP contribution in [0.2, 0.25) is 0 Å². The molecule has 7 nitrogen and oxygen atoms in total. The predicted molar refractivity (Wildman–Crippen MR) is 66.5 cm³/mol. The number of nitrogens with zero attached hydrogens (tertiary/aromatic N) is 3. The van der Waals surface area contributed by atoms with Crippen molar-refractivity contribution in [2.75, 3.05) is 6.61 Å². The van der Waals surface area contributed by atoms with Gasteiger partial charge in [0.25, 0.3) is 5.56 Å². The second-order valence-electron chi connectivity index (χ2n) is 4.57. The highest BCUT2D eigenvalue weighted by molar-refractivity contribution is 5.68. The number of aliphatic hydroxyl groups is 1. The summed E-state index contributed by atoms with van der Waals surface area (Å²) in [5.74, 6) is 0.252. The van der Waals surface area contributed by atoms with Gasteiger partial charge in [0.05, 0.1) is 19.5 Å². The summed E-state index contributed by atoms with van der Waals surface area (Å²) in [6, 6.07) is 0. The first-order valence-corrected chi connectivity index (χ1v) is 5.83. The summed E-state index contributed by atoms with van der Waals surface area (Å²) in [6.45, 7) is 4.17. The highest BCUT2D eigenvalue weighted by Gasteiger charge is 2.15. The van der Waals surface area contributed by atoms with E-state index in [0.717, 1.165) is 4.57 Å². The number of hydrogen-bond donors (Lipinski definition) is 2. The zero-order valence-electron chi connectivity index (χ0n) is 10.4. The minimum Gasteiger partial charge on any atom is -0.395 e. The van der Waals surface area contributed by atoms with Gasteiger partial charge in [0.15, 0.2) is 5.65 Å². The first-order valence-electron chi connectivity index (χ1n) is 5.83. The minimum absolute atomic E-state index is 0.00920. The maximum Gasteiger partial charge on any atom is 0.332 e. The molecule has 2 aromatic rings. The Morgan fingerprint density at radius 3 is 2.72 bits per heavy atom. The predicted octanol–water partition coefficient (Wildman–Crippen LogP) is -0.465. The van der Waals surface area contributed by atoms with Crippen LogP contribution in [0.4, 0.5) is 0 Å². The van der Waals surface area contributed by atoms with Crippen LogP contribution in [0.25, 0.3) is 11.2 Å². The molecule has 0 fully saturated rings. The molecule has 2 N–H and O–H groups in total. The number of fused-ring (bicyclic) bond motifs is 1. The lowest BCUT2D eigenvalue weighted by Crippen LogP contribution is -2.41. The third-order valence-electron chi connectivity index (χ3n) is 2.67. The fourth-order valence-electron chi connectivity index (χ4n) is 1.93. The summed E-state index contributed by atoms with van der Waals surface area (Å²) in [7, 11) is 0. The van der Waals surface area contributed by atoms with Crippen molar-refractivity contribution < 1.29 is 5.11 Å². The van der Waals surface area contributed by atoms with Gasteiger partial charge in [-0.2, -0.15) is 0 Å². The van der Waals surface area contributed by atoms with Crippen LogP contribution in [0.1, 0.15) is 13.8 Å². The van der Waals surface area contributed by atoms with E-state index in [1.54, 1.807) is 0 Å². The van der Waals surface area contributed by atoms with E-state index in [1.165, 1.54) is 10.9 Å². The molecule has 2 heterocycles. The molecule has 2 rings (SSSR count). The summed E-state index contributed by atoms with van der Waals surface area (Å²) in [5.41, 5.74) is -0.208. The Morgan fingerprint density at radius 2 is 2.11 bits per heavy atom. The summed E-state index contributed by atoms with van der Waals surface area (Å²) in [5, 5.41) is 8.93. The first kappa shape index (κ1) is 12.6. The van der Waals surface area contributed by atoms with Gasteiger partial charge in [0, 0.05) is 6.54 Å². The van der Waals surface area contributed by atoms with Crippen LogP contribution < -0.4 is 11.2 Å². The van der Waals surface area contributed by atoms with Crippen molar-refractivity contribution in [2.45, 2.75) is 26.9 Å². The number of rotatable bonds is 4. The van der Waals surface area contributed by atoms with E-state index in [0.29, 0.717) is 17.7 Å². The zero-order valence-corrected chi connectivity index (χ0v) is 10.4. The van der Waals surface area contributed by atoms with Gasteiger partial charge in [-0.3, -0.25) is 13.9 Å². The van der Waals surface area contributed by atoms with Gasteiger partial charge in [0.2, 0.25) is 0 Å². The SMILES string of the molecule is CC(C)Cn1c(=O)n(CCO)c(=O)c2[nH]cnc21. The van der Waals surface area contributed by atoms with E-state index in [-0.39, 0.29) is 19.1 Å². The average Bonchev–Trinajstić information content (AvgIpc) is 2.79. The molecule has 0 radical (unpaired) electrons. The molecule has 0 saturated carbocycles. The van der Waals surface area contributed by atoms with E-state index in [9.17, 15) is 9.59 Å². The summed E-state index contributed by atoms with van der Waals surface area (Å²) < 4.78 is 2.50. The topological polar surface area (TPSA) is 92.9 Å². The van der Waals surface area contributed by atoms with Gasteiger partial charge in [-0.25, -0.2) is 9.78 Å². The highest BCUT2D eigenvalue weighted by Crippen LogP contribution is 2.04. The maximum atomic E-state index is 12.2. The molecule has 0 aromatic carbocycles. The number of nitrogens with one attached hydrogen (secondary N) is 1. The lowest BCUT2D eigenvalue weighted by molar-refractivity contribution is 0.270. The van der Waals surface area contributed by atoms with Gasteiger partial charge < -0.3 is 10.1 Å². The number of aromatic nitrogens is 4. The van der Waals surface area contributed by atoms with Gasteiger partial charge in [-0.1, -0.05) is 13.8 Å². The lowest BCUT2D eigenvalue weighted by Gasteiger charge is -2.12. The van der Waals surface area contributed by atoms with E-state index in [2.05, 4.69) is 9.97 Å². The van der Waals surface area contributed by atoms with E-state index >= 15 is 0 Å². The molecule has 0 bridgehead atoms. The molecular formula is C11H16N4O3. The van der Waals surface area contributed by atoms with E-state index in [1.807, 2.05) is 13.8 Å². The third-order valence-corrected chi connectivity index (χ3v) is 2.67. The molecule has 0 aliphatic heterocycles. The Kier molecular flexibility index (Phi) is 3.33. The average molecular weight is 252 g/mol. The molecule has 18 heavy (non-hydrogen) atoms. The second-order valence-corrected chi connectivity index (χ2v) is 4.57. The summed E-state index contributed by atoms with van der Waals surface area (Å²) in [4.78, 5) is 31.0. The fourth-order valence-corrected chi connectivity index (χ4v) is 1.93. The molecule has 0 amide bonds. The van der Waals surface area contributed by atoms with Crippen LogP contribution >= 0.6 is 0 Å². The smallest absolute Gasteiger partial charge is 0.332 e. The quantitative estimate of drug-likeness (QED) is 0.769. The Bertz CT molecular complexity index is 665. The first-order chi connectivity index (χ1) is 8.56. The van der Waals surface area contributed by atoms with Crippen LogP contribution in [0.5, 0.6) is 0 Å². The molecule has 0 atom stereocenters. The van der Waals surface area contributed by atoms with Crippen molar-refractivity contribution in [3.05, 3.63) is 27.2 Å². The summed E-state index contributed by atoms with van der Waals surface area (Å²) in [6.07, 6.45) is 1.39. The van der Waals surface area contributed by atoms with Crippen LogP contribution in [0.3, 0.4) is 0 Å². The maximum absolute atomic E-state index is 12.2. The zero-order chi connectivity index (χ0) is 13.3. The Labute approximate surface area is 103 Å². The van der Waals surface area contributed by atoms with Crippen LogP contribution in [-0.4, -0.2) is 30.8 Å². The van der Waals surface area contributed by atoms with E-state index in [4.69, 9.17) is 5.11 Å². The molecule has 0 aliphatic carbocycles. The molecule has 98 valence electrons. The van der Waals surface area contributed by atoms with Crippen molar-refractivity contribution in [3.8, 4) is 0 Å². The monoisotopic (exact) mass is 252 g/mol. The minimum atomic E-state index is -0.443. The molecule has 0 aliphatic rings. The van der Waals surface area contributed by atoms with Crippen LogP contribution in [0, 0.1) is 5.92 Å². The second kappa shape index (κ2) is 4.77. The molecule has 0 unspecified atom stereocenters. The number of H-pyrrole nitrogens is 1. The Morgan fingerprint density at radius 1 is 1.39 bits per heavy atom. The van der Waals surface area contributed by atoms with Crippen molar-refractivity contribution in [3.63, 3.8) is 0 Å². The third kappa shape index (κ3) is 1.97. The van der Waals surface area contributed by atoms with Crippen LogP contribution in [0.15, 0.2) is 15.9 Å². The largest absolute Gasteiger partial charge is 0.395 e. The van der Waals surface area contributed by atoms with Gasteiger partial charge in [-0.15, -0.1) is 0 Å².